The second kappa shape index (κ2) is 5.18. The summed E-state index contributed by atoms with van der Waals surface area (Å²) < 4.78 is 28.5. The Morgan fingerprint density at radius 1 is 1.43 bits per heavy atom. The number of aromatic nitrogens is 1. The molecule has 1 fully saturated rings. The summed E-state index contributed by atoms with van der Waals surface area (Å²) in [6, 6.07) is 5.53. The molecule has 1 unspecified atom stereocenters. The van der Waals surface area contributed by atoms with Crippen LogP contribution in [0.2, 0.25) is 0 Å². The number of Topliss-reactive ketones (excluding diaryl/α,β-unsaturated/α-hetero) is 1. The molecule has 112 valence electrons. The summed E-state index contributed by atoms with van der Waals surface area (Å²) in [5, 5.41) is 0.787. The first-order valence-electron chi connectivity index (χ1n) is 6.99. The van der Waals surface area contributed by atoms with Crippen molar-refractivity contribution in [1.29, 1.82) is 0 Å². The number of ether oxygens (including phenoxy) is 1. The van der Waals surface area contributed by atoms with Gasteiger partial charge in [-0.2, -0.15) is 0 Å². The van der Waals surface area contributed by atoms with Gasteiger partial charge in [0.15, 0.2) is 15.6 Å². The second-order valence-corrected chi connectivity index (χ2v) is 7.54. The first-order valence-corrected chi connectivity index (χ1v) is 8.81. The molecule has 1 aromatic carbocycles. The molecule has 0 saturated carbocycles. The Kier molecular flexibility index (Phi) is 3.49. The van der Waals surface area contributed by atoms with Crippen LogP contribution in [0.3, 0.4) is 0 Å². The zero-order valence-electron chi connectivity index (χ0n) is 11.8. The van der Waals surface area contributed by atoms with Crippen LogP contribution in [0.25, 0.3) is 10.9 Å². The highest BCUT2D eigenvalue weighted by Gasteiger charge is 2.34. The van der Waals surface area contributed by atoms with Crippen LogP contribution in [0.4, 0.5) is 0 Å². The van der Waals surface area contributed by atoms with Crippen LogP contribution < -0.4 is 4.74 Å². The Morgan fingerprint density at radius 2 is 2.24 bits per heavy atom. The van der Waals surface area contributed by atoms with Crippen LogP contribution in [0.15, 0.2) is 24.4 Å². The minimum atomic E-state index is -3.06. The lowest BCUT2D eigenvalue weighted by molar-refractivity contribution is 0.0935. The van der Waals surface area contributed by atoms with Gasteiger partial charge in [-0.1, -0.05) is 0 Å². The van der Waals surface area contributed by atoms with Crippen LogP contribution in [0.5, 0.6) is 5.75 Å². The molecule has 1 atom stereocenters. The van der Waals surface area contributed by atoms with Gasteiger partial charge in [-0.25, -0.2) is 8.42 Å². The van der Waals surface area contributed by atoms with E-state index in [0.29, 0.717) is 24.3 Å². The van der Waals surface area contributed by atoms with Crippen molar-refractivity contribution in [2.24, 2.45) is 5.92 Å². The molecule has 1 aliphatic heterocycles. The number of aromatic amines is 1. The summed E-state index contributed by atoms with van der Waals surface area (Å²) in [5.41, 5.74) is 1.40. The SMILES string of the molecule is CCOc1ccc2[nH]cc(C(=O)C3CCS(=O)(=O)C3)c2c1. The summed E-state index contributed by atoms with van der Waals surface area (Å²) in [5.74, 6) is 0.248. The minimum absolute atomic E-state index is 0.0380. The third-order valence-electron chi connectivity index (χ3n) is 3.83. The van der Waals surface area contributed by atoms with Crippen molar-refractivity contribution < 1.29 is 17.9 Å². The van der Waals surface area contributed by atoms with Crippen molar-refractivity contribution in [2.45, 2.75) is 13.3 Å². The smallest absolute Gasteiger partial charge is 0.169 e. The lowest BCUT2D eigenvalue weighted by Gasteiger charge is -2.06. The Hall–Kier alpha value is -1.82. The monoisotopic (exact) mass is 307 g/mol. The van der Waals surface area contributed by atoms with Crippen molar-refractivity contribution in [2.75, 3.05) is 18.1 Å². The van der Waals surface area contributed by atoms with Gasteiger partial charge < -0.3 is 9.72 Å². The largest absolute Gasteiger partial charge is 0.494 e. The van der Waals surface area contributed by atoms with Crippen molar-refractivity contribution in [3.63, 3.8) is 0 Å². The molecule has 2 aromatic rings. The van der Waals surface area contributed by atoms with Crippen molar-refractivity contribution in [1.82, 2.24) is 4.98 Å². The number of carbonyl (C=O) groups is 1. The number of ketones is 1. The maximum atomic E-state index is 12.6. The van der Waals surface area contributed by atoms with Gasteiger partial charge in [0.1, 0.15) is 5.75 Å². The first-order chi connectivity index (χ1) is 10.00. The van der Waals surface area contributed by atoms with Crippen LogP contribution in [0.1, 0.15) is 23.7 Å². The Morgan fingerprint density at radius 3 is 2.90 bits per heavy atom. The molecule has 0 amide bonds. The van der Waals surface area contributed by atoms with E-state index in [1.54, 1.807) is 6.20 Å². The molecule has 1 aliphatic rings. The maximum Gasteiger partial charge on any atom is 0.169 e. The van der Waals surface area contributed by atoms with Gasteiger partial charge in [0, 0.05) is 28.6 Å². The highest BCUT2D eigenvalue weighted by molar-refractivity contribution is 7.91. The van der Waals surface area contributed by atoms with Gasteiger partial charge in [0.25, 0.3) is 0 Å². The van der Waals surface area contributed by atoms with Gasteiger partial charge >= 0.3 is 0 Å². The summed E-state index contributed by atoms with van der Waals surface area (Å²) in [6.07, 6.45) is 2.08. The molecule has 3 rings (SSSR count). The molecule has 5 nitrogen and oxygen atoms in total. The first kappa shape index (κ1) is 14.1. The molecule has 1 aromatic heterocycles. The number of benzene rings is 1. The van der Waals surface area contributed by atoms with E-state index in [0.717, 1.165) is 10.9 Å². The van der Waals surface area contributed by atoms with E-state index in [1.807, 2.05) is 25.1 Å². The van der Waals surface area contributed by atoms with E-state index in [4.69, 9.17) is 4.74 Å². The average Bonchev–Trinajstić information content (AvgIpc) is 3.01. The van der Waals surface area contributed by atoms with Crippen LogP contribution >= 0.6 is 0 Å². The number of hydrogen-bond acceptors (Lipinski definition) is 4. The molecular weight excluding hydrogens is 290 g/mol. The number of H-pyrrole nitrogens is 1. The van der Waals surface area contributed by atoms with Crippen molar-refractivity contribution in [3.05, 3.63) is 30.0 Å². The molecule has 1 saturated heterocycles. The molecule has 1 N–H and O–H groups in total. The van der Waals surface area contributed by atoms with Gasteiger partial charge in [0.2, 0.25) is 0 Å². The van der Waals surface area contributed by atoms with E-state index in [-0.39, 0.29) is 17.3 Å². The molecule has 0 bridgehead atoms. The molecule has 6 heteroatoms. The predicted octanol–water partition coefficient (Wildman–Crippen LogP) is 2.18. The summed E-state index contributed by atoms with van der Waals surface area (Å²) in [7, 11) is -3.06. The Labute approximate surface area is 123 Å². The third kappa shape index (κ3) is 2.68. The Balaban J connectivity index is 1.96. The van der Waals surface area contributed by atoms with E-state index in [1.165, 1.54) is 0 Å². The molecule has 0 aliphatic carbocycles. The summed E-state index contributed by atoms with van der Waals surface area (Å²) in [6.45, 7) is 2.46. The third-order valence-corrected chi connectivity index (χ3v) is 5.60. The average molecular weight is 307 g/mol. The number of carbonyl (C=O) groups excluding carboxylic acids is 1. The minimum Gasteiger partial charge on any atom is -0.494 e. The topological polar surface area (TPSA) is 76.2 Å². The number of fused-ring (bicyclic) bond motifs is 1. The lowest BCUT2D eigenvalue weighted by Crippen LogP contribution is -2.15. The van der Waals surface area contributed by atoms with Crippen LogP contribution in [-0.4, -0.2) is 37.3 Å². The van der Waals surface area contributed by atoms with Crippen LogP contribution in [-0.2, 0) is 9.84 Å². The molecule has 2 heterocycles. The van der Waals surface area contributed by atoms with Crippen molar-refractivity contribution >= 4 is 26.5 Å². The zero-order chi connectivity index (χ0) is 15.0. The fourth-order valence-electron chi connectivity index (χ4n) is 2.78. The zero-order valence-corrected chi connectivity index (χ0v) is 12.6. The van der Waals surface area contributed by atoms with E-state index in [2.05, 4.69) is 4.98 Å². The number of nitrogens with one attached hydrogen (secondary N) is 1. The highest BCUT2D eigenvalue weighted by atomic mass is 32.2. The van der Waals surface area contributed by atoms with E-state index in [9.17, 15) is 13.2 Å². The molecule has 21 heavy (non-hydrogen) atoms. The number of rotatable bonds is 4. The summed E-state index contributed by atoms with van der Waals surface area (Å²) >= 11 is 0. The molecule has 0 spiro atoms. The Bertz CT molecular complexity index is 791. The maximum absolute atomic E-state index is 12.6. The van der Waals surface area contributed by atoms with Gasteiger partial charge in [-0.15, -0.1) is 0 Å². The number of hydrogen-bond donors (Lipinski definition) is 1. The highest BCUT2D eigenvalue weighted by Crippen LogP contribution is 2.29. The quantitative estimate of drug-likeness (QED) is 0.878. The fourth-order valence-corrected chi connectivity index (χ4v) is 4.52. The second-order valence-electron chi connectivity index (χ2n) is 5.31. The molecule has 0 radical (unpaired) electrons. The fraction of sp³-hybridized carbons (Fsp3) is 0.400. The van der Waals surface area contributed by atoms with Crippen molar-refractivity contribution in [3.8, 4) is 5.75 Å². The normalized spacial score (nSPS) is 20.7. The molecular formula is C15H17NO4S. The van der Waals surface area contributed by atoms with Gasteiger partial charge in [-0.05, 0) is 31.5 Å². The standard InChI is InChI=1S/C15H17NO4S/c1-2-20-11-3-4-14-12(7-11)13(8-16-14)15(17)10-5-6-21(18,19)9-10/h3-4,7-8,10,16H,2,5-6,9H2,1H3. The summed E-state index contributed by atoms with van der Waals surface area (Å²) in [4.78, 5) is 15.6. The predicted molar refractivity (Wildman–Crippen MR) is 80.6 cm³/mol. The van der Waals surface area contributed by atoms with Gasteiger partial charge in [0.05, 0.1) is 18.1 Å². The van der Waals surface area contributed by atoms with Gasteiger partial charge in [-0.3, -0.25) is 4.79 Å². The van der Waals surface area contributed by atoms with E-state index >= 15 is 0 Å². The number of sulfone groups is 1. The van der Waals surface area contributed by atoms with E-state index < -0.39 is 15.8 Å². The van der Waals surface area contributed by atoms with Crippen LogP contribution in [0, 0.1) is 5.92 Å². The lowest BCUT2D eigenvalue weighted by atomic mass is 9.97.